The number of carbonyl (C=O) groups is 2. The van der Waals surface area contributed by atoms with Crippen LogP contribution in [0, 0.1) is 10.1 Å². The first kappa shape index (κ1) is 25.9. The van der Waals surface area contributed by atoms with Gasteiger partial charge in [0.05, 0.1) is 24.8 Å². The number of halogens is 1. The zero-order valence-electron chi connectivity index (χ0n) is 19.7. The molecule has 0 radical (unpaired) electrons. The van der Waals surface area contributed by atoms with Crippen molar-refractivity contribution in [3.05, 3.63) is 105 Å². The van der Waals surface area contributed by atoms with Gasteiger partial charge in [0.25, 0.3) is 5.69 Å². The maximum absolute atomic E-state index is 13.0. The van der Waals surface area contributed by atoms with Gasteiger partial charge < -0.3 is 9.47 Å². The van der Waals surface area contributed by atoms with Crippen molar-refractivity contribution in [1.82, 2.24) is 9.78 Å². The van der Waals surface area contributed by atoms with E-state index in [1.54, 1.807) is 48.5 Å². The average Bonchev–Trinajstić information content (AvgIpc) is 3.32. The van der Waals surface area contributed by atoms with Crippen molar-refractivity contribution in [3.8, 4) is 16.9 Å². The fourth-order valence-electron chi connectivity index (χ4n) is 3.63. The summed E-state index contributed by atoms with van der Waals surface area (Å²) in [5.41, 5.74) is 1.29. The minimum Gasteiger partial charge on any atom is -0.465 e. The van der Waals surface area contributed by atoms with Crippen LogP contribution in [0.3, 0.4) is 0 Å². The molecular weight excluding hydrogens is 518 g/mol. The third-order valence-corrected chi connectivity index (χ3v) is 6.79. The molecule has 0 bridgehead atoms. The highest BCUT2D eigenvalue weighted by molar-refractivity contribution is 7.98. The third-order valence-electron chi connectivity index (χ3n) is 5.39. The number of aromatic nitrogens is 2. The van der Waals surface area contributed by atoms with Gasteiger partial charge in [-0.3, -0.25) is 10.1 Å². The van der Waals surface area contributed by atoms with E-state index >= 15 is 0 Å². The summed E-state index contributed by atoms with van der Waals surface area (Å²) in [5, 5.41) is 16.8. The normalized spacial score (nSPS) is 10.7. The largest absolute Gasteiger partial charge is 0.465 e. The fraction of sp³-hybridized carbons (Fsp3) is 0.115. The summed E-state index contributed by atoms with van der Waals surface area (Å²) in [4.78, 5) is 37.6. The molecule has 3 aromatic carbocycles. The standard InChI is InChI=1S/C26H20ClN3O6S/c1-35-25(31)22-23(28-29(24(22)26(32)36-2)18-6-4-3-5-7-18)20-14-19(30(33)34)12-13-21(20)37-15-16-8-10-17(27)11-9-16/h3-14H,15H2,1-2H3. The Morgan fingerprint density at radius 1 is 1.00 bits per heavy atom. The molecule has 0 amide bonds. The van der Waals surface area contributed by atoms with Gasteiger partial charge in [-0.1, -0.05) is 41.9 Å². The summed E-state index contributed by atoms with van der Waals surface area (Å²) in [7, 11) is 2.36. The van der Waals surface area contributed by atoms with Gasteiger partial charge in [-0.15, -0.1) is 11.8 Å². The van der Waals surface area contributed by atoms with Gasteiger partial charge in [0.15, 0.2) is 5.69 Å². The van der Waals surface area contributed by atoms with Crippen LogP contribution in [0.15, 0.2) is 77.7 Å². The molecule has 0 aliphatic carbocycles. The molecule has 0 fully saturated rings. The molecule has 188 valence electrons. The summed E-state index contributed by atoms with van der Waals surface area (Å²) < 4.78 is 11.2. The van der Waals surface area contributed by atoms with Crippen LogP contribution in [0.4, 0.5) is 5.69 Å². The van der Waals surface area contributed by atoms with Crippen LogP contribution in [0.1, 0.15) is 26.4 Å². The summed E-state index contributed by atoms with van der Waals surface area (Å²) in [6.45, 7) is 0. The van der Waals surface area contributed by atoms with E-state index in [-0.39, 0.29) is 22.6 Å². The molecule has 4 rings (SSSR count). The van der Waals surface area contributed by atoms with Crippen molar-refractivity contribution in [2.75, 3.05) is 14.2 Å². The van der Waals surface area contributed by atoms with Gasteiger partial charge in [-0.25, -0.2) is 14.3 Å². The molecule has 0 aliphatic rings. The Balaban J connectivity index is 1.94. The number of nitro groups is 1. The molecule has 4 aromatic rings. The first-order valence-electron chi connectivity index (χ1n) is 10.8. The molecule has 0 saturated carbocycles. The number of esters is 2. The number of ether oxygens (including phenoxy) is 2. The maximum Gasteiger partial charge on any atom is 0.357 e. The second-order valence-electron chi connectivity index (χ2n) is 7.66. The number of hydrogen-bond donors (Lipinski definition) is 0. The first-order valence-corrected chi connectivity index (χ1v) is 12.2. The van der Waals surface area contributed by atoms with Crippen molar-refractivity contribution < 1.29 is 24.0 Å². The Hall–Kier alpha value is -4.15. The summed E-state index contributed by atoms with van der Waals surface area (Å²) in [6.07, 6.45) is 0. The van der Waals surface area contributed by atoms with Crippen LogP contribution in [0.2, 0.25) is 5.02 Å². The lowest BCUT2D eigenvalue weighted by Crippen LogP contribution is -2.15. The Morgan fingerprint density at radius 2 is 1.68 bits per heavy atom. The summed E-state index contributed by atoms with van der Waals surface area (Å²) in [5.74, 6) is -1.14. The fourth-order valence-corrected chi connectivity index (χ4v) is 4.74. The molecule has 0 N–H and O–H groups in total. The Morgan fingerprint density at radius 3 is 2.30 bits per heavy atom. The number of para-hydroxylation sites is 1. The second kappa shape index (κ2) is 11.3. The summed E-state index contributed by atoms with van der Waals surface area (Å²) >= 11 is 7.38. The highest BCUT2D eigenvalue weighted by atomic mass is 35.5. The smallest absolute Gasteiger partial charge is 0.357 e. The number of methoxy groups -OCH3 is 2. The number of carbonyl (C=O) groups excluding carboxylic acids is 2. The minimum atomic E-state index is -0.835. The molecule has 0 spiro atoms. The lowest BCUT2D eigenvalue weighted by Gasteiger charge is -2.09. The molecule has 37 heavy (non-hydrogen) atoms. The molecule has 11 heteroatoms. The van der Waals surface area contributed by atoms with E-state index in [9.17, 15) is 19.7 Å². The predicted molar refractivity (Wildman–Crippen MR) is 139 cm³/mol. The molecule has 0 atom stereocenters. The highest BCUT2D eigenvalue weighted by Gasteiger charge is 2.32. The zero-order valence-corrected chi connectivity index (χ0v) is 21.3. The Bertz CT molecular complexity index is 1470. The van der Waals surface area contributed by atoms with Gasteiger partial charge in [0.1, 0.15) is 11.3 Å². The van der Waals surface area contributed by atoms with Crippen molar-refractivity contribution >= 4 is 41.0 Å². The second-order valence-corrected chi connectivity index (χ2v) is 9.11. The van der Waals surface area contributed by atoms with Crippen molar-refractivity contribution in [1.29, 1.82) is 0 Å². The number of thioether (sulfide) groups is 1. The van der Waals surface area contributed by atoms with Crippen LogP contribution in [-0.2, 0) is 15.2 Å². The molecule has 0 unspecified atom stereocenters. The van der Waals surface area contributed by atoms with E-state index in [1.807, 2.05) is 12.1 Å². The number of non-ortho nitro benzene ring substituents is 1. The van der Waals surface area contributed by atoms with Crippen LogP contribution in [-0.4, -0.2) is 40.9 Å². The zero-order chi connectivity index (χ0) is 26.5. The van der Waals surface area contributed by atoms with Gasteiger partial charge in [0.2, 0.25) is 0 Å². The lowest BCUT2D eigenvalue weighted by atomic mass is 10.0. The van der Waals surface area contributed by atoms with E-state index in [4.69, 9.17) is 21.1 Å². The molecule has 0 aliphatic heterocycles. The molecular formula is C26H20ClN3O6S. The number of nitro benzene ring substituents is 1. The van der Waals surface area contributed by atoms with Crippen molar-refractivity contribution in [2.24, 2.45) is 0 Å². The first-order chi connectivity index (χ1) is 17.8. The average molecular weight is 538 g/mol. The SMILES string of the molecule is COC(=O)c1c(-c2cc([N+](=O)[O-])ccc2SCc2ccc(Cl)cc2)nn(-c2ccccc2)c1C(=O)OC. The molecule has 1 aromatic heterocycles. The molecule has 1 heterocycles. The van der Waals surface area contributed by atoms with Crippen LogP contribution in [0.25, 0.3) is 16.9 Å². The monoisotopic (exact) mass is 537 g/mol. The maximum atomic E-state index is 13.0. The van der Waals surface area contributed by atoms with E-state index in [0.29, 0.717) is 26.9 Å². The number of benzene rings is 3. The quantitative estimate of drug-likeness (QED) is 0.117. The van der Waals surface area contributed by atoms with E-state index in [1.165, 1.54) is 42.8 Å². The van der Waals surface area contributed by atoms with Gasteiger partial charge in [-0.2, -0.15) is 5.10 Å². The van der Waals surface area contributed by atoms with E-state index < -0.39 is 16.9 Å². The number of hydrogen-bond acceptors (Lipinski definition) is 8. The lowest BCUT2D eigenvalue weighted by molar-refractivity contribution is -0.384. The predicted octanol–water partition coefficient (Wildman–Crippen LogP) is 5.97. The summed E-state index contributed by atoms with van der Waals surface area (Å²) in [6, 6.07) is 20.3. The van der Waals surface area contributed by atoms with Gasteiger partial charge >= 0.3 is 11.9 Å². The number of rotatable bonds is 8. The van der Waals surface area contributed by atoms with Crippen LogP contribution in [0.5, 0.6) is 0 Å². The molecule has 9 nitrogen and oxygen atoms in total. The van der Waals surface area contributed by atoms with Crippen molar-refractivity contribution in [3.63, 3.8) is 0 Å². The highest BCUT2D eigenvalue weighted by Crippen LogP contribution is 2.39. The van der Waals surface area contributed by atoms with Gasteiger partial charge in [0, 0.05) is 33.4 Å². The minimum absolute atomic E-state index is 0.0541. The Kier molecular flexibility index (Phi) is 7.90. The number of nitrogens with zero attached hydrogens (tertiary/aromatic N) is 3. The molecule has 0 saturated heterocycles. The topological polar surface area (TPSA) is 114 Å². The van der Waals surface area contributed by atoms with Crippen molar-refractivity contribution in [2.45, 2.75) is 10.6 Å². The van der Waals surface area contributed by atoms with Crippen LogP contribution < -0.4 is 0 Å². The van der Waals surface area contributed by atoms with E-state index in [2.05, 4.69) is 5.10 Å². The van der Waals surface area contributed by atoms with Crippen LogP contribution >= 0.6 is 23.4 Å². The van der Waals surface area contributed by atoms with Gasteiger partial charge in [-0.05, 0) is 35.9 Å². The Labute approximate surface area is 221 Å². The van der Waals surface area contributed by atoms with E-state index in [0.717, 1.165) is 5.56 Å². The third kappa shape index (κ3) is 5.50.